The van der Waals surface area contributed by atoms with Crippen LogP contribution in [-0.4, -0.2) is 45.1 Å². The van der Waals surface area contributed by atoms with E-state index in [1.807, 2.05) is 24.5 Å². The highest BCUT2D eigenvalue weighted by atomic mass is 16.1. The number of aryl methyl sites for hydroxylation is 1. The molecule has 1 aliphatic rings. The maximum Gasteiger partial charge on any atom is 0.223 e. The van der Waals surface area contributed by atoms with Crippen LogP contribution >= 0.6 is 0 Å². The van der Waals surface area contributed by atoms with Gasteiger partial charge in [0, 0.05) is 44.5 Å². The molecular weight excluding hydrogens is 340 g/mol. The predicted octanol–water partition coefficient (Wildman–Crippen LogP) is 2.25. The predicted molar refractivity (Wildman–Crippen MR) is 104 cm³/mol. The number of hydrogen-bond acceptors (Lipinski definition) is 5. The van der Waals surface area contributed by atoms with Crippen molar-refractivity contribution in [1.82, 2.24) is 24.8 Å². The molecule has 0 unspecified atom stereocenters. The maximum absolute atomic E-state index is 12.4. The standard InChI is InChI=1S/C20H24N6O/c27-20(16-6-12-25(13-7-16)19-14-21-9-10-22-19)23-8-3-11-26-15-24-17-4-1-2-5-18(17)26/h1-2,4-5,9-10,14-16H,3,6-8,11-13H2,(H,23,27). The zero-order valence-corrected chi connectivity index (χ0v) is 15.3. The van der Waals surface area contributed by atoms with Crippen LogP contribution in [0.4, 0.5) is 5.82 Å². The largest absolute Gasteiger partial charge is 0.356 e. The summed E-state index contributed by atoms with van der Waals surface area (Å²) in [6.45, 7) is 3.23. The first-order chi connectivity index (χ1) is 13.3. The fraction of sp³-hybridized carbons (Fsp3) is 0.400. The second-order valence-corrected chi connectivity index (χ2v) is 6.90. The molecule has 0 aliphatic carbocycles. The Morgan fingerprint density at radius 1 is 1.15 bits per heavy atom. The number of nitrogens with zero attached hydrogens (tertiary/aromatic N) is 5. The van der Waals surface area contributed by atoms with Crippen LogP contribution in [0.1, 0.15) is 19.3 Å². The summed E-state index contributed by atoms with van der Waals surface area (Å²) in [5.41, 5.74) is 2.15. The van der Waals surface area contributed by atoms with Crippen molar-refractivity contribution in [3.8, 4) is 0 Å². The summed E-state index contributed by atoms with van der Waals surface area (Å²) in [5, 5.41) is 3.10. The fourth-order valence-corrected chi connectivity index (χ4v) is 3.62. The molecule has 27 heavy (non-hydrogen) atoms. The first kappa shape index (κ1) is 17.5. The molecule has 0 saturated carbocycles. The number of aromatic nitrogens is 4. The van der Waals surface area contributed by atoms with Crippen molar-refractivity contribution in [3.05, 3.63) is 49.2 Å². The average Bonchev–Trinajstić information content (AvgIpc) is 3.15. The van der Waals surface area contributed by atoms with E-state index in [1.54, 1.807) is 18.6 Å². The molecule has 0 spiro atoms. The lowest BCUT2D eigenvalue weighted by Crippen LogP contribution is -2.41. The SMILES string of the molecule is O=C(NCCCn1cnc2ccccc21)C1CCN(c2cnccn2)CC1. The van der Waals surface area contributed by atoms with Crippen LogP contribution < -0.4 is 10.2 Å². The summed E-state index contributed by atoms with van der Waals surface area (Å²) in [5.74, 6) is 1.15. The highest BCUT2D eigenvalue weighted by Crippen LogP contribution is 2.21. The van der Waals surface area contributed by atoms with Crippen LogP contribution in [0.5, 0.6) is 0 Å². The second kappa shape index (κ2) is 8.16. The summed E-state index contributed by atoms with van der Waals surface area (Å²) >= 11 is 0. The van der Waals surface area contributed by atoms with Crippen LogP contribution in [0.2, 0.25) is 0 Å². The van der Waals surface area contributed by atoms with Crippen molar-refractivity contribution < 1.29 is 4.79 Å². The number of hydrogen-bond donors (Lipinski definition) is 1. The minimum absolute atomic E-state index is 0.0898. The van der Waals surface area contributed by atoms with E-state index >= 15 is 0 Å². The third kappa shape index (κ3) is 4.07. The molecule has 0 bridgehead atoms. The Morgan fingerprint density at radius 2 is 2.00 bits per heavy atom. The number of carbonyl (C=O) groups is 1. The Balaban J connectivity index is 1.20. The minimum atomic E-state index is 0.0898. The first-order valence-corrected chi connectivity index (χ1v) is 9.50. The Morgan fingerprint density at radius 3 is 2.81 bits per heavy atom. The van der Waals surface area contributed by atoms with E-state index in [-0.39, 0.29) is 11.8 Å². The molecule has 0 atom stereocenters. The second-order valence-electron chi connectivity index (χ2n) is 6.90. The molecule has 1 N–H and O–H groups in total. The number of para-hydroxylation sites is 2. The van der Waals surface area contributed by atoms with Gasteiger partial charge in [0.25, 0.3) is 0 Å². The number of imidazole rings is 1. The maximum atomic E-state index is 12.4. The molecule has 2 aromatic heterocycles. The van der Waals surface area contributed by atoms with E-state index in [0.29, 0.717) is 6.54 Å². The monoisotopic (exact) mass is 364 g/mol. The lowest BCUT2D eigenvalue weighted by Gasteiger charge is -2.31. The normalized spacial score (nSPS) is 15.2. The fourth-order valence-electron chi connectivity index (χ4n) is 3.62. The lowest BCUT2D eigenvalue weighted by molar-refractivity contribution is -0.125. The van der Waals surface area contributed by atoms with Crippen LogP contribution in [0.3, 0.4) is 0 Å². The molecule has 1 saturated heterocycles. The zero-order valence-electron chi connectivity index (χ0n) is 15.3. The van der Waals surface area contributed by atoms with Crippen molar-refractivity contribution in [2.45, 2.75) is 25.8 Å². The van der Waals surface area contributed by atoms with E-state index in [1.165, 1.54) is 0 Å². The summed E-state index contributed by atoms with van der Waals surface area (Å²) in [6, 6.07) is 8.11. The molecule has 0 radical (unpaired) electrons. The van der Waals surface area contributed by atoms with E-state index < -0.39 is 0 Å². The van der Waals surface area contributed by atoms with Gasteiger partial charge in [0.15, 0.2) is 0 Å². The van der Waals surface area contributed by atoms with Gasteiger partial charge in [-0.1, -0.05) is 12.1 Å². The van der Waals surface area contributed by atoms with Crippen LogP contribution in [0.15, 0.2) is 49.2 Å². The highest BCUT2D eigenvalue weighted by molar-refractivity contribution is 5.79. The first-order valence-electron chi connectivity index (χ1n) is 9.50. The molecular formula is C20H24N6O. The summed E-state index contributed by atoms with van der Waals surface area (Å²) in [7, 11) is 0. The zero-order chi connectivity index (χ0) is 18.5. The topological polar surface area (TPSA) is 75.9 Å². The summed E-state index contributed by atoms with van der Waals surface area (Å²) in [4.78, 5) is 27.5. The van der Waals surface area contributed by atoms with Gasteiger partial charge in [-0.15, -0.1) is 0 Å². The van der Waals surface area contributed by atoms with Gasteiger partial charge in [0.05, 0.1) is 23.6 Å². The van der Waals surface area contributed by atoms with Gasteiger partial charge in [-0.25, -0.2) is 9.97 Å². The van der Waals surface area contributed by atoms with Gasteiger partial charge in [0.2, 0.25) is 5.91 Å². The Hall–Kier alpha value is -2.96. The van der Waals surface area contributed by atoms with Gasteiger partial charge >= 0.3 is 0 Å². The van der Waals surface area contributed by atoms with Crippen LogP contribution in [-0.2, 0) is 11.3 Å². The molecule has 1 aromatic carbocycles. The number of benzene rings is 1. The van der Waals surface area contributed by atoms with Crippen LogP contribution in [0.25, 0.3) is 11.0 Å². The van der Waals surface area contributed by atoms with Gasteiger partial charge in [-0.2, -0.15) is 0 Å². The molecule has 140 valence electrons. The quantitative estimate of drug-likeness (QED) is 0.679. The number of rotatable bonds is 6. The number of piperidine rings is 1. The molecule has 3 aromatic rings. The number of anilines is 1. The minimum Gasteiger partial charge on any atom is -0.356 e. The van der Waals surface area contributed by atoms with E-state index in [9.17, 15) is 4.79 Å². The summed E-state index contributed by atoms with van der Waals surface area (Å²) < 4.78 is 2.14. The highest BCUT2D eigenvalue weighted by Gasteiger charge is 2.25. The lowest BCUT2D eigenvalue weighted by atomic mass is 9.96. The molecule has 7 heteroatoms. The van der Waals surface area contributed by atoms with E-state index in [2.05, 4.69) is 35.8 Å². The molecule has 3 heterocycles. The van der Waals surface area contributed by atoms with Crippen molar-refractivity contribution in [2.75, 3.05) is 24.5 Å². The third-order valence-corrected chi connectivity index (χ3v) is 5.14. The average molecular weight is 364 g/mol. The van der Waals surface area contributed by atoms with Gasteiger partial charge in [-0.3, -0.25) is 9.78 Å². The van der Waals surface area contributed by atoms with Gasteiger partial charge in [0.1, 0.15) is 5.82 Å². The molecule has 1 fully saturated rings. The van der Waals surface area contributed by atoms with Gasteiger partial charge in [-0.05, 0) is 31.4 Å². The number of amides is 1. The van der Waals surface area contributed by atoms with E-state index in [4.69, 9.17) is 0 Å². The van der Waals surface area contributed by atoms with Crippen molar-refractivity contribution in [3.63, 3.8) is 0 Å². The smallest absolute Gasteiger partial charge is 0.223 e. The van der Waals surface area contributed by atoms with Gasteiger partial charge < -0.3 is 14.8 Å². The number of fused-ring (bicyclic) bond motifs is 1. The van der Waals surface area contributed by atoms with Crippen molar-refractivity contribution >= 4 is 22.8 Å². The number of nitrogens with one attached hydrogen (secondary N) is 1. The van der Waals surface area contributed by atoms with Crippen molar-refractivity contribution in [1.29, 1.82) is 0 Å². The van der Waals surface area contributed by atoms with E-state index in [0.717, 1.165) is 55.7 Å². The molecule has 1 aliphatic heterocycles. The molecule has 4 rings (SSSR count). The van der Waals surface area contributed by atoms with Crippen molar-refractivity contribution in [2.24, 2.45) is 5.92 Å². The Bertz CT molecular complexity index is 886. The number of carbonyl (C=O) groups excluding carboxylic acids is 1. The Labute approximate surface area is 158 Å². The Kier molecular flexibility index (Phi) is 5.27. The molecule has 1 amide bonds. The van der Waals surface area contributed by atoms with Crippen LogP contribution in [0, 0.1) is 5.92 Å². The third-order valence-electron chi connectivity index (χ3n) is 5.14. The summed E-state index contributed by atoms with van der Waals surface area (Å²) in [6.07, 6.45) is 9.64. The molecule has 7 nitrogen and oxygen atoms in total.